The lowest BCUT2D eigenvalue weighted by molar-refractivity contribution is 0.0161. The third kappa shape index (κ3) is 3.48. The summed E-state index contributed by atoms with van der Waals surface area (Å²) < 4.78 is 0. The van der Waals surface area contributed by atoms with E-state index in [1.54, 1.807) is 0 Å². The average molecular weight is 212 g/mol. The highest BCUT2D eigenvalue weighted by atomic mass is 16.3. The highest BCUT2D eigenvalue weighted by molar-refractivity contribution is 4.87. The van der Waals surface area contributed by atoms with Gasteiger partial charge in [-0.15, -0.1) is 0 Å². The molecule has 1 nitrogen and oxygen atoms in total. The molecule has 1 heteroatoms. The molecule has 0 bridgehead atoms. The molecule has 15 heavy (non-hydrogen) atoms. The van der Waals surface area contributed by atoms with E-state index in [0.717, 1.165) is 24.7 Å². The van der Waals surface area contributed by atoms with Gasteiger partial charge in [-0.3, -0.25) is 0 Å². The van der Waals surface area contributed by atoms with Crippen molar-refractivity contribution in [2.75, 3.05) is 0 Å². The van der Waals surface area contributed by atoms with Gasteiger partial charge < -0.3 is 5.11 Å². The van der Waals surface area contributed by atoms with E-state index >= 15 is 0 Å². The Balaban J connectivity index is 2.80. The van der Waals surface area contributed by atoms with Crippen molar-refractivity contribution in [3.63, 3.8) is 0 Å². The molecular formula is C14H28O. The lowest BCUT2D eigenvalue weighted by Gasteiger charge is -2.34. The van der Waals surface area contributed by atoms with Crippen LogP contribution in [0.15, 0.2) is 0 Å². The van der Waals surface area contributed by atoms with Crippen molar-refractivity contribution in [2.45, 2.75) is 65.9 Å². The molecule has 1 aliphatic rings. The van der Waals surface area contributed by atoms with Gasteiger partial charge in [-0.2, -0.15) is 0 Å². The second kappa shape index (κ2) is 4.86. The van der Waals surface area contributed by atoms with E-state index in [9.17, 15) is 5.11 Å². The highest BCUT2D eigenvalue weighted by Gasteiger charge is 2.36. The lowest BCUT2D eigenvalue weighted by atomic mass is 9.73. The third-order valence-electron chi connectivity index (χ3n) is 4.19. The minimum absolute atomic E-state index is 0.418. The van der Waals surface area contributed by atoms with Crippen LogP contribution in [-0.4, -0.2) is 10.7 Å². The Hall–Kier alpha value is -0.0400. The zero-order chi connectivity index (χ0) is 11.6. The Labute approximate surface area is 95.3 Å². The first-order valence-corrected chi connectivity index (χ1v) is 6.56. The van der Waals surface area contributed by atoms with Crippen molar-refractivity contribution in [2.24, 2.45) is 23.7 Å². The summed E-state index contributed by atoms with van der Waals surface area (Å²) in [5, 5.41) is 10.3. The molecule has 0 aromatic carbocycles. The largest absolute Gasteiger partial charge is 0.390 e. The van der Waals surface area contributed by atoms with Crippen molar-refractivity contribution < 1.29 is 5.11 Å². The minimum Gasteiger partial charge on any atom is -0.390 e. The summed E-state index contributed by atoms with van der Waals surface area (Å²) in [6, 6.07) is 0. The van der Waals surface area contributed by atoms with Crippen LogP contribution in [0.5, 0.6) is 0 Å². The Kier molecular flexibility index (Phi) is 4.22. The van der Waals surface area contributed by atoms with Crippen LogP contribution in [0.3, 0.4) is 0 Å². The predicted molar refractivity (Wildman–Crippen MR) is 65.7 cm³/mol. The Morgan fingerprint density at radius 1 is 1.07 bits per heavy atom. The summed E-state index contributed by atoms with van der Waals surface area (Å²) in [6.45, 7) is 11.3. The zero-order valence-electron chi connectivity index (χ0n) is 11.1. The number of hydrogen-bond acceptors (Lipinski definition) is 1. The van der Waals surface area contributed by atoms with Crippen LogP contribution >= 0.6 is 0 Å². The van der Waals surface area contributed by atoms with Crippen LogP contribution in [0.4, 0.5) is 0 Å². The standard InChI is InChI=1S/C14H28O/c1-10(2)12-7-6-8-14(5,15)9-13(12)11(3)4/h10-13,15H,6-9H2,1-5H3. The molecule has 1 fully saturated rings. The van der Waals surface area contributed by atoms with Gasteiger partial charge in [0, 0.05) is 0 Å². The smallest absolute Gasteiger partial charge is 0.0622 e. The number of hydrogen-bond donors (Lipinski definition) is 1. The molecule has 3 atom stereocenters. The molecule has 0 aromatic heterocycles. The fourth-order valence-electron chi connectivity index (χ4n) is 3.25. The van der Waals surface area contributed by atoms with Crippen LogP contribution in [0.2, 0.25) is 0 Å². The Morgan fingerprint density at radius 3 is 2.07 bits per heavy atom. The van der Waals surface area contributed by atoms with E-state index in [-0.39, 0.29) is 0 Å². The molecule has 1 rings (SSSR count). The van der Waals surface area contributed by atoms with E-state index in [1.807, 2.05) is 6.92 Å². The number of aliphatic hydroxyl groups is 1. The summed E-state index contributed by atoms with van der Waals surface area (Å²) in [6.07, 6.45) is 4.47. The van der Waals surface area contributed by atoms with Crippen LogP contribution in [0.1, 0.15) is 60.3 Å². The van der Waals surface area contributed by atoms with Gasteiger partial charge in [0.05, 0.1) is 5.60 Å². The van der Waals surface area contributed by atoms with Crippen LogP contribution < -0.4 is 0 Å². The first-order valence-electron chi connectivity index (χ1n) is 6.56. The molecule has 0 aliphatic heterocycles. The Morgan fingerprint density at radius 2 is 1.60 bits per heavy atom. The van der Waals surface area contributed by atoms with Gasteiger partial charge in [0.1, 0.15) is 0 Å². The molecule has 1 N–H and O–H groups in total. The van der Waals surface area contributed by atoms with Gasteiger partial charge in [0.2, 0.25) is 0 Å². The lowest BCUT2D eigenvalue weighted by Crippen LogP contribution is -2.31. The molecule has 0 aromatic rings. The molecule has 0 spiro atoms. The van der Waals surface area contributed by atoms with E-state index in [0.29, 0.717) is 11.8 Å². The topological polar surface area (TPSA) is 20.2 Å². The third-order valence-corrected chi connectivity index (χ3v) is 4.19. The maximum absolute atomic E-state index is 10.3. The van der Waals surface area contributed by atoms with Crippen molar-refractivity contribution in [1.29, 1.82) is 0 Å². The highest BCUT2D eigenvalue weighted by Crippen LogP contribution is 2.41. The molecule has 0 saturated heterocycles. The van der Waals surface area contributed by atoms with E-state index < -0.39 is 5.60 Å². The zero-order valence-corrected chi connectivity index (χ0v) is 11.1. The van der Waals surface area contributed by atoms with Gasteiger partial charge in [0.15, 0.2) is 0 Å². The first-order chi connectivity index (χ1) is 6.83. The van der Waals surface area contributed by atoms with Crippen molar-refractivity contribution in [3.05, 3.63) is 0 Å². The quantitative estimate of drug-likeness (QED) is 0.689. The van der Waals surface area contributed by atoms with Crippen molar-refractivity contribution in [3.8, 4) is 0 Å². The van der Waals surface area contributed by atoms with E-state index in [1.165, 1.54) is 12.8 Å². The summed E-state index contributed by atoms with van der Waals surface area (Å²) in [5.41, 5.74) is -0.418. The average Bonchev–Trinajstić information content (AvgIpc) is 2.23. The fraction of sp³-hybridized carbons (Fsp3) is 1.00. The van der Waals surface area contributed by atoms with E-state index in [4.69, 9.17) is 0 Å². The first kappa shape index (κ1) is 13.0. The monoisotopic (exact) mass is 212 g/mol. The Bertz CT molecular complexity index is 194. The van der Waals surface area contributed by atoms with Gasteiger partial charge in [0.25, 0.3) is 0 Å². The minimum atomic E-state index is -0.418. The summed E-state index contributed by atoms with van der Waals surface area (Å²) >= 11 is 0. The van der Waals surface area contributed by atoms with Crippen LogP contribution in [-0.2, 0) is 0 Å². The molecule has 1 saturated carbocycles. The van der Waals surface area contributed by atoms with Crippen LogP contribution in [0.25, 0.3) is 0 Å². The molecule has 3 unspecified atom stereocenters. The second-order valence-corrected chi connectivity index (χ2v) is 6.41. The van der Waals surface area contributed by atoms with E-state index in [2.05, 4.69) is 27.7 Å². The molecule has 1 aliphatic carbocycles. The van der Waals surface area contributed by atoms with Crippen molar-refractivity contribution in [1.82, 2.24) is 0 Å². The molecule has 0 amide bonds. The SMILES string of the molecule is CC(C)C1CCCC(C)(O)CC1C(C)C. The van der Waals surface area contributed by atoms with Gasteiger partial charge >= 0.3 is 0 Å². The fourth-order valence-corrected chi connectivity index (χ4v) is 3.25. The molecular weight excluding hydrogens is 184 g/mol. The summed E-state index contributed by atoms with van der Waals surface area (Å²) in [5.74, 6) is 2.95. The summed E-state index contributed by atoms with van der Waals surface area (Å²) in [7, 11) is 0. The van der Waals surface area contributed by atoms with Crippen LogP contribution in [0, 0.1) is 23.7 Å². The van der Waals surface area contributed by atoms with Gasteiger partial charge in [-0.05, 0) is 49.9 Å². The van der Waals surface area contributed by atoms with Crippen molar-refractivity contribution >= 4 is 0 Å². The van der Waals surface area contributed by atoms with Gasteiger partial charge in [-0.1, -0.05) is 34.1 Å². The maximum Gasteiger partial charge on any atom is 0.0622 e. The maximum atomic E-state index is 10.3. The normalized spacial score (nSPS) is 38.4. The molecule has 90 valence electrons. The number of rotatable bonds is 2. The predicted octanol–water partition coefficient (Wildman–Crippen LogP) is 3.86. The molecule has 0 radical (unpaired) electrons. The second-order valence-electron chi connectivity index (χ2n) is 6.41. The van der Waals surface area contributed by atoms with Gasteiger partial charge in [-0.25, -0.2) is 0 Å². The molecule has 0 heterocycles. The summed E-state index contributed by atoms with van der Waals surface area (Å²) in [4.78, 5) is 0.